The van der Waals surface area contributed by atoms with E-state index in [4.69, 9.17) is 0 Å². The fourth-order valence-corrected chi connectivity index (χ4v) is 3.34. The summed E-state index contributed by atoms with van der Waals surface area (Å²) in [5.74, 6) is 0.304. The summed E-state index contributed by atoms with van der Waals surface area (Å²) >= 11 is 1.29. The summed E-state index contributed by atoms with van der Waals surface area (Å²) in [5, 5.41) is 3.14. The van der Waals surface area contributed by atoms with Gasteiger partial charge >= 0.3 is 0 Å². The minimum Gasteiger partial charge on any atom is -0.351 e. The van der Waals surface area contributed by atoms with Crippen LogP contribution in [-0.2, 0) is 4.79 Å². The number of amides is 1. The number of rotatable bonds is 5. The maximum atomic E-state index is 13.6. The van der Waals surface area contributed by atoms with Crippen LogP contribution in [0, 0.1) is 18.7 Å². The van der Waals surface area contributed by atoms with Gasteiger partial charge in [0.05, 0.1) is 0 Å². The fraction of sp³-hybridized carbons (Fsp3) is 0.632. The zero-order valence-corrected chi connectivity index (χ0v) is 16.5. The molecule has 1 aromatic carbocycles. The van der Waals surface area contributed by atoms with Crippen LogP contribution in [0.25, 0.3) is 0 Å². The third-order valence-electron chi connectivity index (χ3n) is 4.31. The molecule has 1 aliphatic carbocycles. The van der Waals surface area contributed by atoms with Crippen molar-refractivity contribution in [2.24, 2.45) is 5.92 Å². The van der Waals surface area contributed by atoms with Gasteiger partial charge in [0.2, 0.25) is 5.91 Å². The molecule has 2 unspecified atom stereocenters. The Balaban J connectivity index is 0.00000139. The van der Waals surface area contributed by atoms with Gasteiger partial charge in [0, 0.05) is 10.9 Å². The van der Waals surface area contributed by atoms with Crippen molar-refractivity contribution in [3.8, 4) is 0 Å². The topological polar surface area (TPSA) is 41.1 Å². The van der Waals surface area contributed by atoms with Gasteiger partial charge in [0.1, 0.15) is 11.4 Å². The molecule has 2 rings (SSSR count). The molecule has 0 saturated heterocycles. The van der Waals surface area contributed by atoms with Gasteiger partial charge in [-0.05, 0) is 69.2 Å². The smallest absolute Gasteiger partial charge is 0.240 e. The first-order valence-electron chi connectivity index (χ1n) is 8.81. The van der Waals surface area contributed by atoms with Gasteiger partial charge in [-0.1, -0.05) is 33.3 Å². The van der Waals surface area contributed by atoms with Crippen LogP contribution in [0.1, 0.15) is 59.4 Å². The molecule has 0 aromatic heterocycles. The Bertz CT molecular complexity index is 548. The Hall–Kier alpha value is -1.07. The van der Waals surface area contributed by atoms with Crippen molar-refractivity contribution in [3.05, 3.63) is 29.6 Å². The lowest BCUT2D eigenvalue weighted by molar-refractivity contribution is -0.126. The molecule has 24 heavy (non-hydrogen) atoms. The molecule has 0 heterocycles. The van der Waals surface area contributed by atoms with E-state index in [-0.39, 0.29) is 17.8 Å². The number of hydrogen-bond donors (Lipinski definition) is 2. The minimum absolute atomic E-state index is 0.00802. The van der Waals surface area contributed by atoms with Crippen LogP contribution in [0.3, 0.4) is 0 Å². The van der Waals surface area contributed by atoms with E-state index in [0.29, 0.717) is 11.5 Å². The van der Waals surface area contributed by atoms with Crippen LogP contribution in [0.15, 0.2) is 23.1 Å². The monoisotopic (exact) mass is 354 g/mol. The van der Waals surface area contributed by atoms with Crippen LogP contribution in [0.4, 0.5) is 4.39 Å². The molecule has 1 fully saturated rings. The van der Waals surface area contributed by atoms with E-state index in [1.165, 1.54) is 30.9 Å². The maximum absolute atomic E-state index is 13.6. The largest absolute Gasteiger partial charge is 0.351 e. The van der Waals surface area contributed by atoms with Crippen molar-refractivity contribution in [1.29, 1.82) is 0 Å². The number of hydrogen-bond acceptors (Lipinski definition) is 3. The molecule has 1 aliphatic rings. The predicted molar refractivity (Wildman–Crippen MR) is 101 cm³/mol. The van der Waals surface area contributed by atoms with Crippen LogP contribution in [0.5, 0.6) is 0 Å². The highest BCUT2D eigenvalue weighted by Gasteiger charge is 2.32. The molecule has 1 aromatic rings. The number of carbonyl (C=O) groups is 1. The average Bonchev–Trinajstić information content (AvgIpc) is 2.95. The van der Waals surface area contributed by atoms with E-state index < -0.39 is 5.54 Å². The first kappa shape index (κ1) is 21.0. The van der Waals surface area contributed by atoms with Gasteiger partial charge in [-0.2, -0.15) is 0 Å². The number of nitrogens with one attached hydrogen (secondary N) is 2. The quantitative estimate of drug-likeness (QED) is 0.743. The fourth-order valence-electron chi connectivity index (χ4n) is 2.58. The average molecular weight is 355 g/mol. The van der Waals surface area contributed by atoms with E-state index in [1.54, 1.807) is 13.0 Å². The molecule has 136 valence electrons. The zero-order valence-electron chi connectivity index (χ0n) is 15.7. The molecule has 0 radical (unpaired) electrons. The summed E-state index contributed by atoms with van der Waals surface area (Å²) in [6.45, 7) is 11.6. The van der Waals surface area contributed by atoms with E-state index in [0.717, 1.165) is 11.3 Å². The van der Waals surface area contributed by atoms with Gasteiger partial charge < -0.3 is 5.32 Å². The molecule has 5 heteroatoms. The van der Waals surface area contributed by atoms with Gasteiger partial charge in [-0.25, -0.2) is 9.11 Å². The standard InChI is InChI=1S/C17H25FN2OS.C2H6/c1-11-8-9-13(10-14(11)18)22-20-17(3,4)16(21)19-15-7-5-6-12(15)2;1-2/h8-10,12,15,20H,5-7H2,1-4H3,(H,19,21);1-2H3. The summed E-state index contributed by atoms with van der Waals surface area (Å²) in [4.78, 5) is 13.2. The number of benzene rings is 1. The van der Waals surface area contributed by atoms with Crippen LogP contribution >= 0.6 is 11.9 Å². The predicted octanol–water partition coefficient (Wildman–Crippen LogP) is 4.84. The molecular weight excluding hydrogens is 323 g/mol. The summed E-state index contributed by atoms with van der Waals surface area (Å²) in [7, 11) is 0. The third kappa shape index (κ3) is 5.78. The highest BCUT2D eigenvalue weighted by molar-refractivity contribution is 7.97. The first-order valence-corrected chi connectivity index (χ1v) is 9.62. The number of carbonyl (C=O) groups excluding carboxylic acids is 1. The van der Waals surface area contributed by atoms with Crippen molar-refractivity contribution >= 4 is 17.9 Å². The minimum atomic E-state index is -0.714. The molecule has 0 aliphatic heterocycles. The zero-order chi connectivity index (χ0) is 18.3. The lowest BCUT2D eigenvalue weighted by Crippen LogP contribution is -2.53. The van der Waals surface area contributed by atoms with Crippen molar-refractivity contribution < 1.29 is 9.18 Å². The molecule has 1 saturated carbocycles. The maximum Gasteiger partial charge on any atom is 0.240 e. The van der Waals surface area contributed by atoms with Gasteiger partial charge in [0.15, 0.2) is 0 Å². The van der Waals surface area contributed by atoms with E-state index in [2.05, 4.69) is 17.0 Å². The van der Waals surface area contributed by atoms with E-state index in [1.807, 2.05) is 33.8 Å². The van der Waals surface area contributed by atoms with Crippen LogP contribution in [0.2, 0.25) is 0 Å². The second kappa shape index (κ2) is 9.42. The molecule has 1 amide bonds. The normalized spacial score (nSPS) is 20.3. The molecule has 2 atom stereocenters. The molecule has 0 bridgehead atoms. The van der Waals surface area contributed by atoms with E-state index in [9.17, 15) is 9.18 Å². The highest BCUT2D eigenvalue weighted by atomic mass is 32.2. The molecule has 2 N–H and O–H groups in total. The van der Waals surface area contributed by atoms with E-state index >= 15 is 0 Å². The van der Waals surface area contributed by atoms with Gasteiger partial charge in [0.25, 0.3) is 0 Å². The summed E-state index contributed by atoms with van der Waals surface area (Å²) in [5.41, 5.74) is -0.0921. The molecule has 3 nitrogen and oxygen atoms in total. The van der Waals surface area contributed by atoms with Crippen molar-refractivity contribution in [1.82, 2.24) is 10.0 Å². The summed E-state index contributed by atoms with van der Waals surface area (Å²) in [6.07, 6.45) is 3.41. The second-order valence-electron chi connectivity index (χ2n) is 6.73. The Kier molecular flexibility index (Phi) is 8.23. The van der Waals surface area contributed by atoms with Crippen LogP contribution < -0.4 is 10.0 Å². The molecule has 0 spiro atoms. The Morgan fingerprint density at radius 3 is 2.50 bits per heavy atom. The Morgan fingerprint density at radius 2 is 1.96 bits per heavy atom. The summed E-state index contributed by atoms with van der Waals surface area (Å²) < 4.78 is 16.7. The highest BCUT2D eigenvalue weighted by Crippen LogP contribution is 2.26. The SMILES string of the molecule is CC.Cc1ccc(SNC(C)(C)C(=O)NC2CCCC2C)cc1F. The van der Waals surface area contributed by atoms with Gasteiger partial charge in [-0.3, -0.25) is 4.79 Å². The number of halogens is 1. The Morgan fingerprint density at radius 1 is 1.29 bits per heavy atom. The van der Waals surface area contributed by atoms with Crippen molar-refractivity contribution in [3.63, 3.8) is 0 Å². The van der Waals surface area contributed by atoms with Crippen molar-refractivity contribution in [2.75, 3.05) is 0 Å². The lowest BCUT2D eigenvalue weighted by atomic mass is 10.0. The number of aryl methyl sites for hydroxylation is 1. The lowest BCUT2D eigenvalue weighted by Gasteiger charge is -2.28. The third-order valence-corrected chi connectivity index (χ3v) is 5.41. The van der Waals surface area contributed by atoms with Gasteiger partial charge in [-0.15, -0.1) is 0 Å². The van der Waals surface area contributed by atoms with Crippen molar-refractivity contribution in [2.45, 2.75) is 77.3 Å². The second-order valence-corrected chi connectivity index (χ2v) is 7.61. The first-order chi connectivity index (χ1) is 11.3. The van der Waals surface area contributed by atoms with Crippen LogP contribution in [-0.4, -0.2) is 17.5 Å². The summed E-state index contributed by atoms with van der Waals surface area (Å²) in [6, 6.07) is 5.35. The molecular formula is C19H31FN2OS. The Labute approximate surface area is 150 Å².